The van der Waals surface area contributed by atoms with Crippen LogP contribution in [0.1, 0.15) is 25.3 Å². The molecule has 2 atom stereocenters. The number of halogens is 3. The molecule has 1 N–H and O–H groups in total. The highest BCUT2D eigenvalue weighted by Crippen LogP contribution is 2.39. The van der Waals surface area contributed by atoms with Crippen molar-refractivity contribution in [2.45, 2.75) is 47.4 Å². The van der Waals surface area contributed by atoms with Gasteiger partial charge < -0.3 is 10.0 Å². The van der Waals surface area contributed by atoms with E-state index in [1.54, 1.807) is 18.2 Å². The third-order valence-electron chi connectivity index (χ3n) is 7.28. The average molecular weight is 608 g/mol. The van der Waals surface area contributed by atoms with Gasteiger partial charge in [-0.2, -0.15) is 21.8 Å². The van der Waals surface area contributed by atoms with Gasteiger partial charge in [-0.05, 0) is 55.5 Å². The first-order chi connectivity index (χ1) is 18.0. The van der Waals surface area contributed by atoms with Gasteiger partial charge in [0, 0.05) is 43.3 Å². The van der Waals surface area contributed by atoms with Gasteiger partial charge in [0.1, 0.15) is 0 Å². The third kappa shape index (κ3) is 6.57. The molecule has 8 nitrogen and oxygen atoms in total. The Labute approximate surface area is 232 Å². The Morgan fingerprint density at radius 3 is 2.15 bits per heavy atom. The number of alkyl halides is 3. The summed E-state index contributed by atoms with van der Waals surface area (Å²) >= 11 is 4.29. The minimum Gasteiger partial charge on any atom is -0.376 e. The van der Waals surface area contributed by atoms with Gasteiger partial charge >= 0.3 is 6.18 Å². The van der Waals surface area contributed by atoms with Crippen LogP contribution in [0.4, 0.5) is 18.9 Å². The molecule has 14 heteroatoms. The number of sulfonamides is 2. The molecule has 1 aliphatic heterocycles. The summed E-state index contributed by atoms with van der Waals surface area (Å²) < 4.78 is 94.9. The summed E-state index contributed by atoms with van der Waals surface area (Å²) in [6.45, 7) is 1.21. The highest BCUT2D eigenvalue weighted by molar-refractivity contribution is 7.90. The Hall–Kier alpha value is -1.84. The van der Waals surface area contributed by atoms with Crippen LogP contribution in [-0.2, 0) is 25.6 Å². The Bertz CT molecular complexity index is 1400. The van der Waals surface area contributed by atoms with E-state index in [0.29, 0.717) is 19.2 Å². The molecule has 0 radical (unpaired) electrons. The number of anilines is 1. The second-order valence-corrected chi connectivity index (χ2v) is 14.7. The summed E-state index contributed by atoms with van der Waals surface area (Å²) in [6, 6.07) is 10.9. The van der Waals surface area contributed by atoms with Crippen LogP contribution in [-0.4, -0.2) is 81.8 Å². The molecule has 1 heterocycles. The fourth-order valence-electron chi connectivity index (χ4n) is 4.67. The average Bonchev–Trinajstić information content (AvgIpc) is 3.67. The van der Waals surface area contributed by atoms with E-state index in [1.807, 2.05) is 4.90 Å². The Kier molecular flexibility index (Phi) is 8.39. The summed E-state index contributed by atoms with van der Waals surface area (Å²) in [6.07, 6.45) is -1.93. The van der Waals surface area contributed by atoms with Gasteiger partial charge in [-0.3, -0.25) is 0 Å². The lowest BCUT2D eigenvalue weighted by atomic mass is 9.95. The van der Waals surface area contributed by atoms with Gasteiger partial charge in [0.2, 0.25) is 20.0 Å². The molecule has 4 rings (SSSR count). The maximum atomic E-state index is 13.5. The molecule has 1 aliphatic carbocycles. The van der Waals surface area contributed by atoms with Crippen molar-refractivity contribution in [1.82, 2.24) is 8.61 Å². The van der Waals surface area contributed by atoms with Crippen LogP contribution in [0.15, 0.2) is 58.3 Å². The first-order valence-electron chi connectivity index (χ1n) is 12.4. The molecule has 2 aliphatic rings. The number of rotatable bonds is 9. The lowest BCUT2D eigenvalue weighted by Crippen LogP contribution is -2.59. The fourth-order valence-corrected chi connectivity index (χ4v) is 7.65. The Morgan fingerprint density at radius 1 is 1.00 bits per heavy atom. The van der Waals surface area contributed by atoms with Gasteiger partial charge in [-0.15, -0.1) is 12.6 Å². The zero-order valence-corrected chi connectivity index (χ0v) is 24.1. The van der Waals surface area contributed by atoms with Crippen LogP contribution in [0.5, 0.6) is 0 Å². The van der Waals surface area contributed by atoms with E-state index < -0.39 is 37.9 Å². The van der Waals surface area contributed by atoms with E-state index in [1.165, 1.54) is 38.9 Å². The second kappa shape index (κ2) is 10.9. The quantitative estimate of drug-likeness (QED) is 0.425. The van der Waals surface area contributed by atoms with Crippen molar-refractivity contribution in [3.8, 4) is 0 Å². The molecule has 2 aromatic carbocycles. The molecule has 0 unspecified atom stereocenters. The molecule has 0 amide bonds. The maximum absolute atomic E-state index is 13.5. The first kappa shape index (κ1) is 30.1. The fraction of sp³-hybridized carbons (Fsp3) is 0.520. The Balaban J connectivity index is 1.66. The van der Waals surface area contributed by atoms with Gasteiger partial charge in [-0.25, -0.2) is 16.8 Å². The van der Waals surface area contributed by atoms with Crippen LogP contribution in [0.2, 0.25) is 0 Å². The predicted octanol–water partition coefficient (Wildman–Crippen LogP) is 3.30. The van der Waals surface area contributed by atoms with Gasteiger partial charge in [-0.1, -0.05) is 24.3 Å². The minimum atomic E-state index is -4.88. The number of hydrogen-bond acceptors (Lipinski definition) is 7. The van der Waals surface area contributed by atoms with E-state index in [9.17, 15) is 35.1 Å². The number of piperazine rings is 1. The van der Waals surface area contributed by atoms with Gasteiger partial charge in [0.25, 0.3) is 0 Å². The standard InChI is InChI=1S/C25H32F3N3O5S3/c1-24(32,25(26,27)28)19-9-11-20(12-10-19)31-14-13-29(39(35,36)23-6-4-3-5-22(23)37)16-21(31)17-30(38(2,33)34)15-18-7-8-18/h3-6,9-12,18,21,32,37H,7-8,13-17H2,1-2H3/t21-,24-/m1/s1. The van der Waals surface area contributed by atoms with E-state index in [0.717, 1.165) is 19.1 Å². The largest absolute Gasteiger partial charge is 0.421 e. The van der Waals surface area contributed by atoms with Crippen LogP contribution in [0.25, 0.3) is 0 Å². The number of thiol groups is 1. The van der Waals surface area contributed by atoms with Crippen molar-refractivity contribution >= 4 is 38.4 Å². The molecule has 1 saturated heterocycles. The number of nitrogens with zero attached hydrogens (tertiary/aromatic N) is 3. The van der Waals surface area contributed by atoms with E-state index in [4.69, 9.17) is 0 Å². The van der Waals surface area contributed by atoms with Crippen molar-refractivity contribution in [3.63, 3.8) is 0 Å². The summed E-state index contributed by atoms with van der Waals surface area (Å²) in [7, 11) is -7.56. The SMILES string of the molecule is C[C@@](O)(c1ccc(N2CCN(S(=O)(=O)c3ccccc3S)C[C@@H]2CN(CC2CC2)S(C)(=O)=O)cc1)C(F)(F)F. The molecule has 0 bridgehead atoms. The lowest BCUT2D eigenvalue weighted by Gasteiger charge is -2.43. The molecular formula is C25H32F3N3O5S3. The Morgan fingerprint density at radius 2 is 1.62 bits per heavy atom. The summed E-state index contributed by atoms with van der Waals surface area (Å²) in [5, 5.41) is 10.0. The molecule has 2 fully saturated rings. The number of benzene rings is 2. The molecule has 0 aromatic heterocycles. The van der Waals surface area contributed by atoms with Crippen LogP contribution in [0.3, 0.4) is 0 Å². The predicted molar refractivity (Wildman–Crippen MR) is 145 cm³/mol. The van der Waals surface area contributed by atoms with Crippen molar-refractivity contribution in [1.29, 1.82) is 0 Å². The molecule has 0 spiro atoms. The topological polar surface area (TPSA) is 98.2 Å². The van der Waals surface area contributed by atoms with E-state index >= 15 is 0 Å². The summed E-state index contributed by atoms with van der Waals surface area (Å²) in [4.78, 5) is 2.14. The molecule has 39 heavy (non-hydrogen) atoms. The number of aliphatic hydroxyl groups is 1. The number of hydrogen-bond donors (Lipinski definition) is 2. The van der Waals surface area contributed by atoms with E-state index in [2.05, 4.69) is 12.6 Å². The zero-order chi connectivity index (χ0) is 28.8. The summed E-state index contributed by atoms with van der Waals surface area (Å²) in [5.41, 5.74) is -2.89. The van der Waals surface area contributed by atoms with E-state index in [-0.39, 0.29) is 47.5 Å². The van der Waals surface area contributed by atoms with Crippen molar-refractivity contribution in [2.24, 2.45) is 5.92 Å². The lowest BCUT2D eigenvalue weighted by molar-refractivity contribution is -0.258. The van der Waals surface area contributed by atoms with Crippen LogP contribution >= 0.6 is 12.6 Å². The van der Waals surface area contributed by atoms with Crippen LogP contribution < -0.4 is 4.90 Å². The van der Waals surface area contributed by atoms with Gasteiger partial charge in [0.05, 0.1) is 17.2 Å². The van der Waals surface area contributed by atoms with Gasteiger partial charge in [0.15, 0.2) is 5.60 Å². The van der Waals surface area contributed by atoms with Crippen molar-refractivity contribution in [3.05, 3.63) is 54.1 Å². The molecular weight excluding hydrogens is 575 g/mol. The molecule has 1 saturated carbocycles. The highest BCUT2D eigenvalue weighted by Gasteiger charge is 2.51. The monoisotopic (exact) mass is 607 g/mol. The summed E-state index contributed by atoms with van der Waals surface area (Å²) in [5.74, 6) is 0.247. The smallest absolute Gasteiger partial charge is 0.376 e. The third-order valence-corrected chi connectivity index (χ3v) is 11.0. The maximum Gasteiger partial charge on any atom is 0.421 e. The minimum absolute atomic E-state index is 0.00585. The normalized spacial score (nSPS) is 21.2. The second-order valence-electron chi connectivity index (χ2n) is 10.3. The van der Waals surface area contributed by atoms with Crippen LogP contribution in [0, 0.1) is 5.92 Å². The zero-order valence-electron chi connectivity index (χ0n) is 21.5. The van der Waals surface area contributed by atoms with Crippen molar-refractivity contribution in [2.75, 3.05) is 43.9 Å². The molecule has 2 aromatic rings. The molecule has 216 valence electrons. The van der Waals surface area contributed by atoms with Crippen molar-refractivity contribution < 1.29 is 35.1 Å². The first-order valence-corrected chi connectivity index (χ1v) is 16.1. The highest BCUT2D eigenvalue weighted by atomic mass is 32.2.